The average molecular weight is 450 g/mol. The molecule has 0 saturated carbocycles. The number of carbonyl (C=O) groups is 1. The third-order valence-corrected chi connectivity index (χ3v) is 5.29. The highest BCUT2D eigenvalue weighted by Gasteiger charge is 2.16. The summed E-state index contributed by atoms with van der Waals surface area (Å²) in [5, 5.41) is 3.73. The van der Waals surface area contributed by atoms with Crippen LogP contribution in [0, 0.1) is 0 Å². The Hall–Kier alpha value is -2.68. The maximum Gasteiger partial charge on any atom is 0.357 e. The third-order valence-electron chi connectivity index (χ3n) is 4.36. The van der Waals surface area contributed by atoms with E-state index in [1.54, 1.807) is 46.5 Å². The number of hydrogen-bond donors (Lipinski definition) is 1. The second-order valence-corrected chi connectivity index (χ2v) is 7.65. The predicted octanol–water partition coefficient (Wildman–Crippen LogP) is 5.10. The second-order valence-electron chi connectivity index (χ2n) is 6.59. The van der Waals surface area contributed by atoms with Crippen LogP contribution in [-0.2, 0) is 4.74 Å². The smallest absolute Gasteiger partial charge is 0.357 e. The molecule has 0 radical (unpaired) electrons. The van der Waals surface area contributed by atoms with Crippen molar-refractivity contribution in [3.05, 3.63) is 23.9 Å². The first kappa shape index (κ1) is 24.6. The molecular formula is C22H31N3O5S. The van der Waals surface area contributed by atoms with Gasteiger partial charge in [-0.25, -0.2) is 14.8 Å². The summed E-state index contributed by atoms with van der Waals surface area (Å²) >= 11 is 1.53. The van der Waals surface area contributed by atoms with Crippen LogP contribution in [0.5, 0.6) is 17.2 Å². The molecule has 0 saturated heterocycles. The van der Waals surface area contributed by atoms with Crippen LogP contribution in [0.3, 0.4) is 0 Å². The van der Waals surface area contributed by atoms with Gasteiger partial charge in [0.05, 0.1) is 27.9 Å². The predicted molar refractivity (Wildman–Crippen MR) is 122 cm³/mol. The Morgan fingerprint density at radius 1 is 0.968 bits per heavy atom. The molecule has 0 aliphatic carbocycles. The molecule has 0 aliphatic rings. The summed E-state index contributed by atoms with van der Waals surface area (Å²) in [4.78, 5) is 21.2. The van der Waals surface area contributed by atoms with Crippen LogP contribution in [0.1, 0.15) is 50.0 Å². The first-order valence-corrected chi connectivity index (χ1v) is 11.3. The molecule has 0 bridgehead atoms. The highest BCUT2D eigenvalue weighted by molar-refractivity contribution is 7.99. The van der Waals surface area contributed by atoms with Crippen molar-refractivity contribution in [2.24, 2.45) is 0 Å². The molecule has 9 heteroatoms. The number of unbranched alkanes of at least 4 members (excludes halogenated alkanes) is 3. The van der Waals surface area contributed by atoms with E-state index in [9.17, 15) is 4.79 Å². The fourth-order valence-electron chi connectivity index (χ4n) is 2.86. The molecule has 0 unspecified atom stereocenters. The molecule has 2 rings (SSSR count). The third kappa shape index (κ3) is 7.20. The quantitative estimate of drug-likeness (QED) is 0.194. The fourth-order valence-corrected chi connectivity index (χ4v) is 3.71. The Morgan fingerprint density at radius 2 is 1.68 bits per heavy atom. The molecule has 0 atom stereocenters. The van der Waals surface area contributed by atoms with Gasteiger partial charge in [0.25, 0.3) is 0 Å². The number of nitrogens with zero attached hydrogens (tertiary/aromatic N) is 2. The minimum absolute atomic E-state index is 0.211. The Morgan fingerprint density at radius 3 is 2.26 bits per heavy atom. The summed E-state index contributed by atoms with van der Waals surface area (Å²) < 4.78 is 21.3. The molecule has 0 fully saturated rings. The lowest BCUT2D eigenvalue weighted by Crippen LogP contribution is -2.10. The molecule has 1 N–H and O–H groups in total. The summed E-state index contributed by atoms with van der Waals surface area (Å²) in [5.74, 6) is 2.39. The van der Waals surface area contributed by atoms with Gasteiger partial charge in [-0.05, 0) is 13.3 Å². The van der Waals surface area contributed by atoms with Crippen LogP contribution < -0.4 is 19.5 Å². The summed E-state index contributed by atoms with van der Waals surface area (Å²) in [6, 6.07) is 5.11. The minimum Gasteiger partial charge on any atom is -0.493 e. The number of aromatic nitrogens is 2. The highest BCUT2D eigenvalue weighted by Crippen LogP contribution is 2.40. The van der Waals surface area contributed by atoms with Gasteiger partial charge in [-0.15, -0.1) is 0 Å². The molecular weight excluding hydrogens is 418 g/mol. The Balaban J connectivity index is 2.30. The molecule has 1 aromatic heterocycles. The van der Waals surface area contributed by atoms with E-state index in [0.29, 0.717) is 33.9 Å². The van der Waals surface area contributed by atoms with Crippen LogP contribution in [0.25, 0.3) is 0 Å². The van der Waals surface area contributed by atoms with Crippen molar-refractivity contribution >= 4 is 29.2 Å². The van der Waals surface area contributed by atoms with E-state index < -0.39 is 5.97 Å². The number of nitrogens with one attached hydrogen (secondary N) is 1. The fraction of sp³-hybridized carbons (Fsp3) is 0.500. The van der Waals surface area contributed by atoms with E-state index in [0.717, 1.165) is 18.6 Å². The number of anilines is 2. The zero-order valence-corrected chi connectivity index (χ0v) is 19.6. The number of methoxy groups -OCH3 is 3. The molecule has 2 aromatic rings. The van der Waals surface area contributed by atoms with Crippen molar-refractivity contribution in [3.8, 4) is 17.2 Å². The highest BCUT2D eigenvalue weighted by atomic mass is 32.2. The van der Waals surface area contributed by atoms with Gasteiger partial charge in [0.1, 0.15) is 5.82 Å². The van der Waals surface area contributed by atoms with E-state index in [-0.39, 0.29) is 12.3 Å². The van der Waals surface area contributed by atoms with E-state index in [1.165, 1.54) is 24.6 Å². The molecule has 1 aromatic carbocycles. The van der Waals surface area contributed by atoms with Crippen LogP contribution in [0.2, 0.25) is 0 Å². The topological polar surface area (TPSA) is 91.8 Å². The van der Waals surface area contributed by atoms with Gasteiger partial charge in [0.2, 0.25) is 5.75 Å². The maximum absolute atomic E-state index is 12.3. The lowest BCUT2D eigenvalue weighted by molar-refractivity contribution is 0.0518. The number of ether oxygens (including phenoxy) is 4. The van der Waals surface area contributed by atoms with Crippen LogP contribution in [0.15, 0.2) is 23.4 Å². The van der Waals surface area contributed by atoms with Crippen LogP contribution in [-0.4, -0.2) is 49.6 Å². The van der Waals surface area contributed by atoms with E-state index in [1.807, 2.05) is 0 Å². The molecule has 1 heterocycles. The zero-order valence-electron chi connectivity index (χ0n) is 18.8. The van der Waals surface area contributed by atoms with Crippen molar-refractivity contribution < 1.29 is 23.7 Å². The normalized spacial score (nSPS) is 10.5. The number of esters is 1. The molecule has 31 heavy (non-hydrogen) atoms. The molecule has 8 nitrogen and oxygen atoms in total. The van der Waals surface area contributed by atoms with Crippen LogP contribution in [0.4, 0.5) is 11.5 Å². The Labute approximate surface area is 188 Å². The van der Waals surface area contributed by atoms with Gasteiger partial charge in [-0.2, -0.15) is 0 Å². The molecule has 0 amide bonds. The number of carbonyl (C=O) groups excluding carboxylic acids is 1. The largest absolute Gasteiger partial charge is 0.493 e. The van der Waals surface area contributed by atoms with Crippen molar-refractivity contribution in [3.63, 3.8) is 0 Å². The van der Waals surface area contributed by atoms with E-state index in [4.69, 9.17) is 18.9 Å². The van der Waals surface area contributed by atoms with Crippen molar-refractivity contribution in [2.45, 2.75) is 44.7 Å². The Bertz CT molecular complexity index is 838. The lowest BCUT2D eigenvalue weighted by atomic mass is 10.2. The number of rotatable bonds is 13. The lowest BCUT2D eigenvalue weighted by Gasteiger charge is -2.15. The van der Waals surface area contributed by atoms with Gasteiger partial charge in [0.15, 0.2) is 22.3 Å². The number of hydrogen-bond acceptors (Lipinski definition) is 9. The van der Waals surface area contributed by atoms with Gasteiger partial charge in [0, 0.05) is 29.6 Å². The van der Waals surface area contributed by atoms with E-state index in [2.05, 4.69) is 22.2 Å². The second kappa shape index (κ2) is 12.9. The first-order valence-electron chi connectivity index (χ1n) is 10.3. The van der Waals surface area contributed by atoms with Gasteiger partial charge >= 0.3 is 5.97 Å². The van der Waals surface area contributed by atoms with Gasteiger partial charge in [-0.3, -0.25) is 0 Å². The van der Waals surface area contributed by atoms with Crippen molar-refractivity contribution in [1.82, 2.24) is 9.97 Å². The Kier molecular flexibility index (Phi) is 10.2. The first-order chi connectivity index (χ1) is 15.1. The average Bonchev–Trinajstić information content (AvgIpc) is 2.78. The zero-order chi connectivity index (χ0) is 22.6. The van der Waals surface area contributed by atoms with Crippen molar-refractivity contribution in [2.75, 3.05) is 39.0 Å². The molecule has 0 spiro atoms. The monoisotopic (exact) mass is 449 g/mol. The number of benzene rings is 1. The maximum atomic E-state index is 12.3. The van der Waals surface area contributed by atoms with Crippen molar-refractivity contribution in [1.29, 1.82) is 0 Å². The van der Waals surface area contributed by atoms with Crippen LogP contribution >= 0.6 is 11.8 Å². The summed E-state index contributed by atoms with van der Waals surface area (Å²) in [6.07, 6.45) is 4.62. The van der Waals surface area contributed by atoms with Gasteiger partial charge < -0.3 is 24.3 Å². The SMILES string of the molecule is CCCCCCSc1nc(Nc2cc(OC)c(OC)c(OC)c2)cc(C(=O)OCC)n1. The van der Waals surface area contributed by atoms with E-state index >= 15 is 0 Å². The summed E-state index contributed by atoms with van der Waals surface area (Å²) in [5.41, 5.74) is 0.879. The number of thioether (sulfide) groups is 1. The van der Waals surface area contributed by atoms with Gasteiger partial charge in [-0.1, -0.05) is 37.9 Å². The summed E-state index contributed by atoms with van der Waals surface area (Å²) in [7, 11) is 4.66. The standard InChI is InChI=1S/C22H31N3O5S/c1-6-8-9-10-11-31-22-24-16(21(26)30-7-2)14-19(25-22)23-15-12-17(27-3)20(29-5)18(13-15)28-4/h12-14H,6-11H2,1-5H3,(H,23,24,25). The minimum atomic E-state index is -0.481. The molecule has 0 aliphatic heterocycles. The summed E-state index contributed by atoms with van der Waals surface area (Å²) in [6.45, 7) is 4.22. The molecule has 170 valence electrons.